The number of aromatic nitrogens is 3. The van der Waals surface area contributed by atoms with E-state index in [4.69, 9.17) is 11.6 Å². The van der Waals surface area contributed by atoms with Crippen LogP contribution in [0.2, 0.25) is 5.15 Å². The van der Waals surface area contributed by atoms with Crippen LogP contribution in [0.4, 0.5) is 16.4 Å². The normalized spacial score (nSPS) is 10.0. The molecule has 2 amide bonds. The third-order valence-electron chi connectivity index (χ3n) is 1.92. The van der Waals surface area contributed by atoms with Gasteiger partial charge in [0.1, 0.15) is 5.15 Å². The van der Waals surface area contributed by atoms with E-state index in [1.165, 1.54) is 6.20 Å². The summed E-state index contributed by atoms with van der Waals surface area (Å²) in [6.07, 6.45) is 3.20. The number of nitrogens with zero attached hydrogens (tertiary/aromatic N) is 2. The standard InChI is InChI=1S/C10H10ClN5O/c1-6-5-13-9(14-6)16-10(17)15-7-2-3-12-8(11)4-7/h2-5H,1H3,(H3,12,13,14,15,16,17). The molecule has 0 fully saturated rings. The number of urea groups is 1. The lowest BCUT2D eigenvalue weighted by Crippen LogP contribution is -2.20. The molecule has 0 aromatic carbocycles. The molecule has 88 valence electrons. The molecule has 0 radical (unpaired) electrons. The summed E-state index contributed by atoms with van der Waals surface area (Å²) in [5.74, 6) is 0.389. The van der Waals surface area contributed by atoms with Crippen LogP contribution in [0.1, 0.15) is 5.69 Å². The lowest BCUT2D eigenvalue weighted by atomic mass is 10.4. The fraction of sp³-hybridized carbons (Fsp3) is 0.100. The molecule has 0 atom stereocenters. The lowest BCUT2D eigenvalue weighted by Gasteiger charge is -2.05. The van der Waals surface area contributed by atoms with Crippen LogP contribution >= 0.6 is 11.6 Å². The molecule has 0 spiro atoms. The number of carbonyl (C=O) groups is 1. The Morgan fingerprint density at radius 2 is 2.29 bits per heavy atom. The van der Waals surface area contributed by atoms with Crippen LogP contribution in [0.3, 0.4) is 0 Å². The molecular formula is C10H10ClN5O. The molecule has 0 aliphatic heterocycles. The Kier molecular flexibility index (Phi) is 3.24. The van der Waals surface area contributed by atoms with Crippen molar-refractivity contribution in [1.29, 1.82) is 0 Å². The Labute approximate surface area is 102 Å². The molecule has 0 bridgehead atoms. The summed E-state index contributed by atoms with van der Waals surface area (Å²) in [4.78, 5) is 22.2. The first-order valence-corrected chi connectivity index (χ1v) is 5.23. The van der Waals surface area contributed by atoms with Crippen LogP contribution < -0.4 is 10.6 Å². The number of rotatable bonds is 2. The maximum absolute atomic E-state index is 11.6. The third-order valence-corrected chi connectivity index (χ3v) is 2.13. The number of anilines is 2. The molecule has 0 saturated heterocycles. The summed E-state index contributed by atoms with van der Waals surface area (Å²) < 4.78 is 0. The van der Waals surface area contributed by atoms with E-state index in [2.05, 4.69) is 25.6 Å². The quantitative estimate of drug-likeness (QED) is 0.717. The molecule has 2 rings (SSSR count). The molecule has 6 nitrogen and oxygen atoms in total. The fourth-order valence-electron chi connectivity index (χ4n) is 1.23. The molecule has 2 aromatic heterocycles. The number of pyridine rings is 1. The summed E-state index contributed by atoms with van der Waals surface area (Å²) >= 11 is 5.69. The number of hydrogen-bond acceptors (Lipinski definition) is 3. The van der Waals surface area contributed by atoms with Crippen molar-refractivity contribution in [1.82, 2.24) is 15.0 Å². The average Bonchev–Trinajstić information content (AvgIpc) is 2.63. The van der Waals surface area contributed by atoms with Gasteiger partial charge in [-0.3, -0.25) is 5.32 Å². The molecule has 3 N–H and O–H groups in total. The smallest absolute Gasteiger partial charge is 0.326 e. The number of carbonyl (C=O) groups excluding carboxylic acids is 1. The summed E-state index contributed by atoms with van der Waals surface area (Å²) in [6.45, 7) is 1.82. The fourth-order valence-corrected chi connectivity index (χ4v) is 1.40. The van der Waals surface area contributed by atoms with Crippen LogP contribution in [-0.2, 0) is 0 Å². The van der Waals surface area contributed by atoms with Crippen molar-refractivity contribution in [2.75, 3.05) is 10.6 Å². The Hall–Kier alpha value is -2.08. The van der Waals surface area contributed by atoms with Crippen molar-refractivity contribution in [2.45, 2.75) is 6.92 Å². The second-order valence-electron chi connectivity index (χ2n) is 3.34. The Morgan fingerprint density at radius 3 is 2.94 bits per heavy atom. The summed E-state index contributed by atoms with van der Waals surface area (Å²) in [6, 6.07) is 2.79. The van der Waals surface area contributed by atoms with E-state index >= 15 is 0 Å². The Morgan fingerprint density at radius 1 is 1.47 bits per heavy atom. The minimum Gasteiger partial charge on any atom is -0.330 e. The molecule has 2 aromatic rings. The van der Waals surface area contributed by atoms with E-state index in [1.54, 1.807) is 18.3 Å². The largest absolute Gasteiger partial charge is 0.330 e. The minimum atomic E-state index is -0.401. The van der Waals surface area contributed by atoms with Crippen LogP contribution in [0.5, 0.6) is 0 Å². The molecule has 0 aliphatic carbocycles. The van der Waals surface area contributed by atoms with Gasteiger partial charge in [-0.05, 0) is 19.1 Å². The number of halogens is 1. The molecule has 0 saturated carbocycles. The van der Waals surface area contributed by atoms with Crippen molar-refractivity contribution >= 4 is 29.3 Å². The maximum atomic E-state index is 11.6. The second-order valence-corrected chi connectivity index (χ2v) is 3.72. The van der Waals surface area contributed by atoms with Gasteiger partial charge in [0.05, 0.1) is 5.69 Å². The molecule has 0 unspecified atom stereocenters. The number of H-pyrrole nitrogens is 1. The monoisotopic (exact) mass is 251 g/mol. The lowest BCUT2D eigenvalue weighted by molar-refractivity contribution is 0.262. The van der Waals surface area contributed by atoms with Gasteiger partial charge >= 0.3 is 6.03 Å². The number of amides is 2. The van der Waals surface area contributed by atoms with E-state index in [0.717, 1.165) is 5.69 Å². The van der Waals surface area contributed by atoms with E-state index in [1.807, 2.05) is 6.92 Å². The van der Waals surface area contributed by atoms with E-state index in [9.17, 15) is 4.79 Å². The van der Waals surface area contributed by atoms with E-state index < -0.39 is 6.03 Å². The first-order chi connectivity index (χ1) is 8.13. The van der Waals surface area contributed by atoms with Crippen LogP contribution in [0.15, 0.2) is 24.5 Å². The highest BCUT2D eigenvalue weighted by Crippen LogP contribution is 2.12. The summed E-state index contributed by atoms with van der Waals surface area (Å²) in [5, 5.41) is 5.47. The van der Waals surface area contributed by atoms with Crippen molar-refractivity contribution in [3.63, 3.8) is 0 Å². The van der Waals surface area contributed by atoms with Crippen molar-refractivity contribution < 1.29 is 4.79 Å². The summed E-state index contributed by atoms with van der Waals surface area (Å²) in [5.41, 5.74) is 1.36. The summed E-state index contributed by atoms with van der Waals surface area (Å²) in [7, 11) is 0. The van der Waals surface area contributed by atoms with Gasteiger partial charge in [-0.2, -0.15) is 0 Å². The van der Waals surface area contributed by atoms with Gasteiger partial charge in [-0.15, -0.1) is 0 Å². The highest BCUT2D eigenvalue weighted by atomic mass is 35.5. The highest BCUT2D eigenvalue weighted by molar-refractivity contribution is 6.29. The van der Waals surface area contributed by atoms with Gasteiger partial charge in [0.2, 0.25) is 5.95 Å². The average molecular weight is 252 g/mol. The number of aryl methyl sites for hydroxylation is 1. The maximum Gasteiger partial charge on any atom is 0.326 e. The first kappa shape index (κ1) is 11.4. The van der Waals surface area contributed by atoms with Gasteiger partial charge in [0.25, 0.3) is 0 Å². The molecule has 2 heterocycles. The second kappa shape index (κ2) is 4.84. The number of nitrogens with one attached hydrogen (secondary N) is 3. The topological polar surface area (TPSA) is 82.7 Å². The third kappa shape index (κ3) is 3.18. The number of imidazole rings is 1. The zero-order valence-corrected chi connectivity index (χ0v) is 9.75. The molecular weight excluding hydrogens is 242 g/mol. The van der Waals surface area contributed by atoms with E-state index in [-0.39, 0.29) is 0 Å². The van der Waals surface area contributed by atoms with Gasteiger partial charge < -0.3 is 10.3 Å². The van der Waals surface area contributed by atoms with Crippen molar-refractivity contribution in [3.8, 4) is 0 Å². The van der Waals surface area contributed by atoms with Gasteiger partial charge in [-0.25, -0.2) is 14.8 Å². The Bertz CT molecular complexity index is 539. The highest BCUT2D eigenvalue weighted by Gasteiger charge is 2.05. The molecule has 7 heteroatoms. The van der Waals surface area contributed by atoms with Crippen LogP contribution in [-0.4, -0.2) is 21.0 Å². The minimum absolute atomic E-state index is 0.316. The SMILES string of the molecule is Cc1c[nH]c(NC(=O)Nc2ccnc(Cl)c2)n1. The van der Waals surface area contributed by atoms with Crippen molar-refractivity contribution in [2.24, 2.45) is 0 Å². The number of aromatic amines is 1. The predicted molar refractivity (Wildman–Crippen MR) is 65.2 cm³/mol. The first-order valence-electron chi connectivity index (χ1n) is 4.85. The Balaban J connectivity index is 1.98. The van der Waals surface area contributed by atoms with E-state index in [0.29, 0.717) is 16.8 Å². The van der Waals surface area contributed by atoms with Gasteiger partial charge in [0, 0.05) is 18.1 Å². The molecule has 17 heavy (non-hydrogen) atoms. The number of hydrogen-bond donors (Lipinski definition) is 3. The zero-order chi connectivity index (χ0) is 12.3. The predicted octanol–water partition coefficient (Wildman–Crippen LogP) is 2.41. The van der Waals surface area contributed by atoms with Crippen LogP contribution in [0.25, 0.3) is 0 Å². The van der Waals surface area contributed by atoms with Gasteiger partial charge in [0.15, 0.2) is 0 Å². The molecule has 0 aliphatic rings. The van der Waals surface area contributed by atoms with Crippen LogP contribution in [0, 0.1) is 6.92 Å². The van der Waals surface area contributed by atoms with Crippen molar-refractivity contribution in [3.05, 3.63) is 35.4 Å². The van der Waals surface area contributed by atoms with Gasteiger partial charge in [-0.1, -0.05) is 11.6 Å². The zero-order valence-electron chi connectivity index (χ0n) is 8.99.